The molecule has 1 aromatic heterocycles. The minimum Gasteiger partial charge on any atom is -0.481 e. The number of hydrogen-bond donors (Lipinski definition) is 1. The Labute approximate surface area is 213 Å². The number of nitrogens with zero attached hydrogens (tertiary/aromatic N) is 3. The second-order valence-electron chi connectivity index (χ2n) is 10.1. The molecule has 6 rings (SSSR count). The number of carboxylic acids is 1. The van der Waals surface area contributed by atoms with Gasteiger partial charge in [0.05, 0.1) is 28.7 Å². The molecule has 3 heterocycles. The number of likely N-dealkylation sites (tertiary alicyclic amines) is 1. The first-order chi connectivity index (χ1) is 16.9. The van der Waals surface area contributed by atoms with Gasteiger partial charge in [0.1, 0.15) is 17.3 Å². The van der Waals surface area contributed by atoms with Crippen molar-refractivity contribution in [3.8, 4) is 11.3 Å². The van der Waals surface area contributed by atoms with E-state index in [0.29, 0.717) is 52.2 Å². The van der Waals surface area contributed by atoms with Gasteiger partial charge in [0.15, 0.2) is 0 Å². The number of fused-ring (bicyclic) bond motifs is 2. The predicted octanol–water partition coefficient (Wildman–Crippen LogP) is 5.91. The average Bonchev–Trinajstić information content (AvgIpc) is 3.34. The maximum Gasteiger partial charge on any atom is 0.312 e. The van der Waals surface area contributed by atoms with Crippen LogP contribution in [-0.2, 0) is 16.1 Å². The zero-order valence-corrected chi connectivity index (χ0v) is 20.9. The van der Waals surface area contributed by atoms with E-state index in [4.69, 9.17) is 32.5 Å². The molecular weight excluding hydrogens is 489 g/mol. The first-order valence-electron chi connectivity index (χ1n) is 12.2. The van der Waals surface area contributed by atoms with Crippen LogP contribution >= 0.6 is 23.2 Å². The van der Waals surface area contributed by atoms with Gasteiger partial charge in [-0.3, -0.25) is 4.79 Å². The number of piperidine rings is 1. The number of aliphatic imine (C=N–C) groups is 1. The number of allylic oxidation sites excluding steroid dienone is 1. The van der Waals surface area contributed by atoms with E-state index in [2.05, 4.69) is 22.0 Å². The first kappa shape index (κ1) is 23.1. The summed E-state index contributed by atoms with van der Waals surface area (Å²) in [4.78, 5) is 18.1. The minimum absolute atomic E-state index is 0.128. The highest BCUT2D eigenvalue weighted by molar-refractivity contribution is 6.39. The topological polar surface area (TPSA) is 88.2 Å². The molecule has 2 bridgehead atoms. The van der Waals surface area contributed by atoms with Crippen LogP contribution in [0.15, 0.2) is 39.6 Å². The quantitative estimate of drug-likeness (QED) is 0.492. The molecule has 0 amide bonds. The average molecular weight is 516 g/mol. The molecule has 7 nitrogen and oxygen atoms in total. The molecule has 0 spiro atoms. The molecule has 3 fully saturated rings. The number of ether oxygens (including phenoxy) is 1. The van der Waals surface area contributed by atoms with E-state index >= 15 is 0 Å². The largest absolute Gasteiger partial charge is 0.481 e. The second-order valence-corrected chi connectivity index (χ2v) is 10.9. The minimum atomic E-state index is -0.828. The van der Waals surface area contributed by atoms with Crippen molar-refractivity contribution in [2.45, 2.75) is 69.7 Å². The van der Waals surface area contributed by atoms with E-state index in [-0.39, 0.29) is 12.1 Å². The van der Waals surface area contributed by atoms with Crippen LogP contribution in [-0.4, -0.2) is 45.5 Å². The lowest BCUT2D eigenvalue weighted by molar-refractivity contribution is -0.139. The van der Waals surface area contributed by atoms with Crippen molar-refractivity contribution in [2.75, 3.05) is 0 Å². The number of halogens is 2. The van der Waals surface area contributed by atoms with Gasteiger partial charge in [-0.05, 0) is 57.2 Å². The molecule has 35 heavy (non-hydrogen) atoms. The molecule has 2 aliphatic heterocycles. The summed E-state index contributed by atoms with van der Waals surface area (Å²) in [6.07, 6.45) is 8.29. The van der Waals surface area contributed by atoms with Crippen molar-refractivity contribution in [3.05, 3.63) is 51.5 Å². The van der Waals surface area contributed by atoms with Gasteiger partial charge in [-0.15, -0.1) is 0 Å². The monoisotopic (exact) mass is 515 g/mol. The van der Waals surface area contributed by atoms with Gasteiger partial charge in [0.25, 0.3) is 0 Å². The number of benzene rings is 1. The summed E-state index contributed by atoms with van der Waals surface area (Å²) in [6, 6.07) is 6.06. The Morgan fingerprint density at radius 1 is 1.26 bits per heavy atom. The second kappa shape index (κ2) is 8.95. The maximum atomic E-state index is 11.2. The number of hydrogen-bond acceptors (Lipinski definition) is 6. The van der Waals surface area contributed by atoms with E-state index < -0.39 is 11.9 Å². The molecule has 2 aromatic rings. The molecule has 1 aromatic carbocycles. The van der Waals surface area contributed by atoms with Gasteiger partial charge in [0.2, 0.25) is 0 Å². The van der Waals surface area contributed by atoms with Crippen LogP contribution in [0.5, 0.6) is 0 Å². The molecular formula is C26H27Cl2N3O4. The van der Waals surface area contributed by atoms with Crippen LogP contribution in [0.4, 0.5) is 0 Å². The molecule has 5 unspecified atom stereocenters. The van der Waals surface area contributed by atoms with Gasteiger partial charge in [-0.1, -0.05) is 34.4 Å². The first-order valence-corrected chi connectivity index (χ1v) is 13.0. The Hall–Kier alpha value is -2.35. The van der Waals surface area contributed by atoms with E-state index in [0.717, 1.165) is 42.8 Å². The molecule has 1 saturated heterocycles. The van der Waals surface area contributed by atoms with Crippen LogP contribution in [0.3, 0.4) is 0 Å². The van der Waals surface area contributed by atoms with Crippen LogP contribution < -0.4 is 0 Å². The molecule has 1 N–H and O–H groups in total. The van der Waals surface area contributed by atoms with Gasteiger partial charge < -0.3 is 19.3 Å². The highest BCUT2D eigenvalue weighted by atomic mass is 35.5. The Morgan fingerprint density at radius 2 is 2.03 bits per heavy atom. The van der Waals surface area contributed by atoms with Crippen molar-refractivity contribution >= 4 is 35.4 Å². The number of rotatable bonds is 7. The smallest absolute Gasteiger partial charge is 0.312 e. The molecule has 5 atom stereocenters. The maximum absolute atomic E-state index is 11.2. The fourth-order valence-corrected chi connectivity index (χ4v) is 6.53. The van der Waals surface area contributed by atoms with E-state index in [1.165, 1.54) is 0 Å². The predicted molar refractivity (Wildman–Crippen MR) is 133 cm³/mol. The summed E-state index contributed by atoms with van der Waals surface area (Å²) in [7, 11) is 0. The zero-order valence-electron chi connectivity index (χ0n) is 19.4. The van der Waals surface area contributed by atoms with Crippen molar-refractivity contribution in [1.82, 2.24) is 10.1 Å². The SMILES string of the molecule is CC1C2CC(CC2OCc2c(-c3c(Cl)cccc3Cl)noc2C2CC2)N1C1=CCC(C(=O)O)C=N1. The van der Waals surface area contributed by atoms with Crippen LogP contribution in [0.1, 0.15) is 56.3 Å². The zero-order chi connectivity index (χ0) is 24.3. The van der Waals surface area contributed by atoms with Gasteiger partial charge in [-0.2, -0.15) is 0 Å². The van der Waals surface area contributed by atoms with E-state index in [1.54, 1.807) is 6.21 Å². The number of aliphatic carboxylic acids is 1. The van der Waals surface area contributed by atoms with Crippen LogP contribution in [0, 0.1) is 11.8 Å². The molecule has 2 saturated carbocycles. The third-order valence-electron chi connectivity index (χ3n) is 7.91. The van der Waals surface area contributed by atoms with Crippen molar-refractivity contribution in [2.24, 2.45) is 16.8 Å². The molecule has 2 aliphatic carbocycles. The molecule has 0 radical (unpaired) electrons. The number of carboxylic acid groups (broad SMARTS) is 1. The summed E-state index contributed by atoms with van der Waals surface area (Å²) in [6.45, 7) is 2.62. The lowest BCUT2D eigenvalue weighted by Gasteiger charge is -2.39. The van der Waals surface area contributed by atoms with E-state index in [9.17, 15) is 9.90 Å². The summed E-state index contributed by atoms with van der Waals surface area (Å²) < 4.78 is 12.3. The fourth-order valence-electron chi connectivity index (χ4n) is 5.95. The molecule has 184 valence electrons. The Balaban J connectivity index is 1.18. The molecule has 9 heteroatoms. The van der Waals surface area contributed by atoms with Crippen molar-refractivity contribution < 1.29 is 19.2 Å². The Bertz CT molecular complexity index is 1200. The van der Waals surface area contributed by atoms with Gasteiger partial charge >= 0.3 is 5.97 Å². The van der Waals surface area contributed by atoms with Gasteiger partial charge in [-0.25, -0.2) is 4.99 Å². The van der Waals surface area contributed by atoms with Crippen LogP contribution in [0.2, 0.25) is 10.0 Å². The summed E-state index contributed by atoms with van der Waals surface area (Å²) >= 11 is 13.0. The van der Waals surface area contributed by atoms with E-state index in [1.807, 2.05) is 24.3 Å². The third kappa shape index (κ3) is 4.07. The lowest BCUT2D eigenvalue weighted by Crippen LogP contribution is -2.44. The Morgan fingerprint density at radius 3 is 2.66 bits per heavy atom. The summed E-state index contributed by atoms with van der Waals surface area (Å²) in [5, 5.41) is 14.7. The fraction of sp³-hybridized carbons (Fsp3) is 0.500. The van der Waals surface area contributed by atoms with Crippen LogP contribution in [0.25, 0.3) is 11.3 Å². The normalized spacial score (nSPS) is 29.6. The van der Waals surface area contributed by atoms with Crippen molar-refractivity contribution in [1.29, 1.82) is 0 Å². The highest BCUT2D eigenvalue weighted by Gasteiger charge is 2.51. The summed E-state index contributed by atoms with van der Waals surface area (Å²) in [5.41, 5.74) is 2.32. The molecule has 4 aliphatic rings. The summed E-state index contributed by atoms with van der Waals surface area (Å²) in [5.74, 6) is 1.19. The Kier molecular flexibility index (Phi) is 5.90. The van der Waals surface area contributed by atoms with Gasteiger partial charge in [0, 0.05) is 41.3 Å². The highest BCUT2D eigenvalue weighted by Crippen LogP contribution is 2.49. The standard InChI is InChI=1S/C26H27Cl2N3O4/c1-13-17-9-16(31(13)22-8-7-15(11-29-22)26(32)33)10-21(17)34-12-18-24(30-35-25(18)14-5-6-14)23-19(27)3-2-4-20(23)28/h2-4,8,11,13-17,21H,5-7,9-10,12H2,1H3,(H,32,33). The van der Waals surface area contributed by atoms with Crippen molar-refractivity contribution in [3.63, 3.8) is 0 Å². The third-order valence-corrected chi connectivity index (χ3v) is 8.54. The number of carbonyl (C=O) groups is 1. The number of aromatic nitrogens is 1. The lowest BCUT2D eigenvalue weighted by atomic mass is 9.96.